The lowest BCUT2D eigenvalue weighted by molar-refractivity contribution is -0.138. The fraction of sp³-hybridized carbons (Fsp3) is 0.577. The third-order valence-electron chi connectivity index (χ3n) is 7.07. The molecule has 2 fully saturated rings. The molecular weight excluding hydrogens is 418 g/mol. The monoisotopic (exact) mass is 453 g/mol. The van der Waals surface area contributed by atoms with Crippen molar-refractivity contribution in [3.05, 3.63) is 41.1 Å². The molecule has 33 heavy (non-hydrogen) atoms. The van der Waals surface area contributed by atoms with Crippen molar-refractivity contribution in [3.8, 4) is 0 Å². The molecule has 7 nitrogen and oxygen atoms in total. The maximum Gasteiger partial charge on any atom is 0.326 e. The predicted octanol–water partition coefficient (Wildman–Crippen LogP) is 6.53. The average molecular weight is 454 g/mol. The first-order chi connectivity index (χ1) is 15.8. The molecule has 3 N–H and O–H groups in total. The van der Waals surface area contributed by atoms with Crippen molar-refractivity contribution < 1.29 is 19.2 Å². The van der Waals surface area contributed by atoms with Crippen molar-refractivity contribution in [2.75, 3.05) is 10.6 Å². The fourth-order valence-corrected chi connectivity index (χ4v) is 5.38. The van der Waals surface area contributed by atoms with E-state index in [4.69, 9.17) is 4.52 Å². The van der Waals surface area contributed by atoms with Gasteiger partial charge in [-0.05, 0) is 73.5 Å². The van der Waals surface area contributed by atoms with Crippen LogP contribution in [0.15, 0.2) is 28.8 Å². The minimum absolute atomic E-state index is 0.00955. The quantitative estimate of drug-likeness (QED) is 0.422. The van der Waals surface area contributed by atoms with Crippen LogP contribution in [0.5, 0.6) is 0 Å². The van der Waals surface area contributed by atoms with Gasteiger partial charge in [0.25, 0.3) is 0 Å². The molecule has 2 saturated carbocycles. The van der Waals surface area contributed by atoms with E-state index in [0.717, 1.165) is 23.2 Å². The lowest BCUT2D eigenvalue weighted by Crippen LogP contribution is -2.23. The summed E-state index contributed by atoms with van der Waals surface area (Å²) >= 11 is 0. The van der Waals surface area contributed by atoms with Gasteiger partial charge in [-0.3, -0.25) is 10.1 Å². The molecular formula is C26H35N3O4. The summed E-state index contributed by atoms with van der Waals surface area (Å²) in [4.78, 5) is 24.2. The molecule has 0 aliphatic heterocycles. The number of urea groups is 1. The molecule has 2 aliphatic rings. The van der Waals surface area contributed by atoms with Crippen molar-refractivity contribution in [1.29, 1.82) is 0 Å². The minimum atomic E-state index is -0.753. The highest BCUT2D eigenvalue weighted by Crippen LogP contribution is 2.49. The van der Waals surface area contributed by atoms with Gasteiger partial charge in [-0.1, -0.05) is 50.4 Å². The molecule has 7 heteroatoms. The Balaban J connectivity index is 1.63. The molecule has 2 amide bonds. The second-order valence-electron chi connectivity index (χ2n) is 10.2. The van der Waals surface area contributed by atoms with Crippen LogP contribution < -0.4 is 10.6 Å². The summed E-state index contributed by atoms with van der Waals surface area (Å²) in [6.45, 7) is 6.29. The van der Waals surface area contributed by atoms with E-state index in [1.807, 2.05) is 6.07 Å². The number of amides is 2. The summed E-state index contributed by atoms with van der Waals surface area (Å²) in [5.41, 5.74) is 3.59. The number of carbonyl (C=O) groups is 2. The first-order valence-corrected chi connectivity index (χ1v) is 12.2. The van der Waals surface area contributed by atoms with E-state index >= 15 is 0 Å². The zero-order chi connectivity index (χ0) is 23.5. The maximum absolute atomic E-state index is 12.8. The highest BCUT2D eigenvalue weighted by Gasteiger charge is 2.44. The molecule has 1 heterocycles. The number of nitrogens with one attached hydrogen (secondary N) is 2. The Hall–Kier alpha value is -2.83. The summed E-state index contributed by atoms with van der Waals surface area (Å²) < 4.78 is 5.12. The van der Waals surface area contributed by atoms with Crippen LogP contribution in [0.3, 0.4) is 0 Å². The Morgan fingerprint density at radius 1 is 1.15 bits per heavy atom. The largest absolute Gasteiger partial charge is 0.481 e. The number of benzene rings is 1. The molecule has 0 spiro atoms. The second kappa shape index (κ2) is 9.98. The minimum Gasteiger partial charge on any atom is -0.481 e. The lowest BCUT2D eigenvalue weighted by atomic mass is 9.73. The number of hydrogen-bond donors (Lipinski definition) is 3. The number of hydrogen-bond acceptors (Lipinski definition) is 4. The van der Waals surface area contributed by atoms with Crippen LogP contribution in [-0.2, 0) is 4.79 Å². The predicted molar refractivity (Wildman–Crippen MR) is 128 cm³/mol. The van der Waals surface area contributed by atoms with Crippen LogP contribution in [0.2, 0.25) is 0 Å². The Morgan fingerprint density at radius 3 is 2.52 bits per heavy atom. The van der Waals surface area contributed by atoms with Crippen molar-refractivity contribution in [2.24, 2.45) is 17.8 Å². The first kappa shape index (κ1) is 23.3. The topological polar surface area (TPSA) is 104 Å². The van der Waals surface area contributed by atoms with Crippen LogP contribution in [0.1, 0.15) is 87.4 Å². The van der Waals surface area contributed by atoms with Crippen LogP contribution in [0, 0.1) is 24.7 Å². The van der Waals surface area contributed by atoms with Crippen molar-refractivity contribution in [1.82, 2.24) is 5.16 Å². The van der Waals surface area contributed by atoms with Gasteiger partial charge in [0.15, 0.2) is 0 Å². The van der Waals surface area contributed by atoms with Crippen LogP contribution in [0.25, 0.3) is 0 Å². The summed E-state index contributed by atoms with van der Waals surface area (Å²) in [5, 5.41) is 19.0. The van der Waals surface area contributed by atoms with Crippen molar-refractivity contribution in [3.63, 3.8) is 0 Å². The average Bonchev–Trinajstić information content (AvgIpc) is 3.49. The zero-order valence-corrected chi connectivity index (χ0v) is 19.8. The van der Waals surface area contributed by atoms with Gasteiger partial charge in [-0.15, -0.1) is 0 Å². The smallest absolute Gasteiger partial charge is 0.326 e. The Labute approximate surface area is 195 Å². The molecule has 1 aromatic heterocycles. The molecule has 0 radical (unpaired) electrons. The molecule has 4 rings (SSSR count). The van der Waals surface area contributed by atoms with Gasteiger partial charge in [0.2, 0.25) is 5.88 Å². The first-order valence-electron chi connectivity index (χ1n) is 12.2. The standard InChI is InChI=1S/C26H35N3O4/c1-15(2)11-20(17-7-5-4-6-8-17)19-10-9-18(21-14-22(21)25(30)31)13-23(19)27-26(32)28-24-12-16(3)29-33-24/h9-10,12-13,15,17,20-22H,4-8,11,14H2,1-3H3,(H,30,31)(H2,27,28,32)/t20?,21-,22?/m1/s1. The highest BCUT2D eigenvalue weighted by molar-refractivity contribution is 5.99. The van der Waals surface area contributed by atoms with E-state index in [0.29, 0.717) is 35.8 Å². The number of aliphatic carboxylic acids is 1. The van der Waals surface area contributed by atoms with E-state index in [9.17, 15) is 14.7 Å². The third kappa shape index (κ3) is 5.75. The Kier molecular flexibility index (Phi) is 7.05. The molecule has 2 aliphatic carbocycles. The molecule has 3 atom stereocenters. The van der Waals surface area contributed by atoms with Crippen LogP contribution in [-0.4, -0.2) is 22.3 Å². The SMILES string of the molecule is Cc1cc(NC(=O)Nc2cc([C@H]3CC3C(=O)O)ccc2C(CC(C)C)C2CCCCC2)on1. The highest BCUT2D eigenvalue weighted by atomic mass is 16.5. The van der Waals surface area contributed by atoms with E-state index in [-0.39, 0.29) is 17.9 Å². The van der Waals surface area contributed by atoms with Crippen LogP contribution in [0.4, 0.5) is 16.4 Å². The molecule has 0 bridgehead atoms. The van der Waals surface area contributed by atoms with Crippen molar-refractivity contribution >= 4 is 23.6 Å². The lowest BCUT2D eigenvalue weighted by Gasteiger charge is -2.33. The van der Waals surface area contributed by atoms with E-state index in [2.05, 4.69) is 41.8 Å². The molecule has 1 aromatic carbocycles. The second-order valence-corrected chi connectivity index (χ2v) is 10.2. The van der Waals surface area contributed by atoms with Gasteiger partial charge in [0.05, 0.1) is 11.6 Å². The summed E-state index contributed by atoms with van der Waals surface area (Å²) in [7, 11) is 0. The maximum atomic E-state index is 12.8. The fourth-order valence-electron chi connectivity index (χ4n) is 5.38. The normalized spacial score (nSPS) is 21.6. The number of aromatic nitrogens is 1. The number of nitrogens with zero attached hydrogens (tertiary/aromatic N) is 1. The van der Waals surface area contributed by atoms with E-state index < -0.39 is 5.97 Å². The molecule has 178 valence electrons. The van der Waals surface area contributed by atoms with Gasteiger partial charge in [0, 0.05) is 11.8 Å². The van der Waals surface area contributed by atoms with Crippen LogP contribution >= 0.6 is 0 Å². The molecule has 2 unspecified atom stereocenters. The van der Waals surface area contributed by atoms with Gasteiger partial charge in [-0.2, -0.15) is 0 Å². The Morgan fingerprint density at radius 2 is 1.91 bits per heavy atom. The van der Waals surface area contributed by atoms with E-state index in [1.54, 1.807) is 13.0 Å². The third-order valence-corrected chi connectivity index (χ3v) is 7.07. The van der Waals surface area contributed by atoms with Gasteiger partial charge < -0.3 is 14.9 Å². The summed E-state index contributed by atoms with van der Waals surface area (Å²) in [6.07, 6.45) is 7.95. The summed E-state index contributed by atoms with van der Waals surface area (Å²) in [5.74, 6) is 0.709. The number of anilines is 2. The number of aryl methyl sites for hydroxylation is 1. The Bertz CT molecular complexity index is 993. The number of carboxylic acid groups (broad SMARTS) is 1. The zero-order valence-electron chi connectivity index (χ0n) is 19.8. The number of rotatable bonds is 8. The van der Waals surface area contributed by atoms with Gasteiger partial charge in [0.1, 0.15) is 0 Å². The van der Waals surface area contributed by atoms with Gasteiger partial charge >= 0.3 is 12.0 Å². The number of carbonyl (C=O) groups excluding carboxylic acids is 1. The van der Waals surface area contributed by atoms with Gasteiger partial charge in [-0.25, -0.2) is 4.79 Å². The van der Waals surface area contributed by atoms with Crippen molar-refractivity contribution in [2.45, 2.75) is 77.6 Å². The van der Waals surface area contributed by atoms with E-state index in [1.165, 1.54) is 32.1 Å². The number of carboxylic acids is 1. The summed E-state index contributed by atoms with van der Waals surface area (Å²) in [6, 6.07) is 7.47. The molecule has 0 saturated heterocycles. The molecule has 2 aromatic rings.